The number of carboxylic acid groups (broad SMARTS) is 1. The lowest BCUT2D eigenvalue weighted by atomic mass is 9.93. The van der Waals surface area contributed by atoms with Crippen molar-refractivity contribution in [1.29, 1.82) is 0 Å². The lowest BCUT2D eigenvalue weighted by molar-refractivity contribution is -0.192. The van der Waals surface area contributed by atoms with Crippen molar-refractivity contribution in [2.45, 2.75) is 18.8 Å². The summed E-state index contributed by atoms with van der Waals surface area (Å²) in [6.07, 6.45) is -3.80. The number of hydrogen-bond acceptors (Lipinski definition) is 5. The van der Waals surface area contributed by atoms with Crippen LogP contribution in [0.1, 0.15) is 5.56 Å². The van der Waals surface area contributed by atoms with Crippen molar-refractivity contribution in [3.05, 3.63) is 34.6 Å². The van der Waals surface area contributed by atoms with Crippen LogP contribution in [0.5, 0.6) is 0 Å². The second-order valence-electron chi connectivity index (χ2n) is 7.16. The van der Waals surface area contributed by atoms with Crippen LogP contribution < -0.4 is 4.72 Å². The van der Waals surface area contributed by atoms with Gasteiger partial charge in [0.2, 0.25) is 10.0 Å². The Kier molecular flexibility index (Phi) is 8.08. The summed E-state index contributed by atoms with van der Waals surface area (Å²) in [7, 11) is -3.18. The van der Waals surface area contributed by atoms with E-state index in [9.17, 15) is 26.0 Å². The van der Waals surface area contributed by atoms with Crippen LogP contribution in [0.25, 0.3) is 0 Å². The number of benzene rings is 1. The van der Waals surface area contributed by atoms with Crippen molar-refractivity contribution >= 4 is 27.6 Å². The molecule has 7 nitrogen and oxygen atoms in total. The number of sulfonamides is 1. The van der Waals surface area contributed by atoms with Gasteiger partial charge in [0.05, 0.1) is 24.0 Å². The predicted molar refractivity (Wildman–Crippen MR) is 99.9 cm³/mol. The highest BCUT2D eigenvalue weighted by Crippen LogP contribution is 2.34. The summed E-state index contributed by atoms with van der Waals surface area (Å²) in [5, 5.41) is 7.25. The minimum absolute atomic E-state index is 0.124. The minimum atomic E-state index is -5.08. The second-order valence-corrected chi connectivity index (χ2v) is 9.40. The number of alkyl halides is 3. The first-order chi connectivity index (χ1) is 13.8. The van der Waals surface area contributed by atoms with Crippen LogP contribution in [0, 0.1) is 17.7 Å². The SMILES string of the molecule is CS(=O)(=O)NC[C@@H]1CO[C@@H]2CN(Cc3ccc(Cl)c(F)c3)C[C@H]12.O=C(O)C(F)(F)F. The van der Waals surface area contributed by atoms with Crippen molar-refractivity contribution in [3.8, 4) is 0 Å². The molecule has 0 amide bonds. The fourth-order valence-electron chi connectivity index (χ4n) is 3.37. The molecular formula is C17H21ClF4N2O5S. The van der Waals surface area contributed by atoms with E-state index in [2.05, 4.69) is 9.62 Å². The summed E-state index contributed by atoms with van der Waals surface area (Å²) in [5.41, 5.74) is 0.873. The highest BCUT2D eigenvalue weighted by molar-refractivity contribution is 7.88. The van der Waals surface area contributed by atoms with Gasteiger partial charge in [-0.15, -0.1) is 0 Å². The third kappa shape index (κ3) is 7.34. The van der Waals surface area contributed by atoms with E-state index in [0.29, 0.717) is 25.6 Å². The normalized spacial score (nSPS) is 24.3. The largest absolute Gasteiger partial charge is 0.490 e. The summed E-state index contributed by atoms with van der Waals surface area (Å²) >= 11 is 5.70. The number of nitrogens with one attached hydrogen (secondary N) is 1. The van der Waals surface area contributed by atoms with Crippen LogP contribution in [0.3, 0.4) is 0 Å². The van der Waals surface area contributed by atoms with Gasteiger partial charge in [-0.2, -0.15) is 13.2 Å². The number of ether oxygens (including phenoxy) is 1. The maximum Gasteiger partial charge on any atom is 0.490 e. The Morgan fingerprint density at radius 2 is 2.00 bits per heavy atom. The third-order valence-electron chi connectivity index (χ3n) is 4.75. The standard InChI is InChI=1S/C15H20ClFN2O3S.C2HF3O2/c1-23(20,21)18-5-11-9-22-15-8-19(7-12(11)15)6-10-2-3-13(16)14(17)4-10;3-2(4,5)1(6)7/h2-4,11-12,15,18H,5-9H2,1H3;(H,6,7)/t11-,12-,15-;/m1./s1. The highest BCUT2D eigenvalue weighted by Gasteiger charge is 2.43. The molecule has 30 heavy (non-hydrogen) atoms. The van der Waals surface area contributed by atoms with Gasteiger partial charge in [-0.25, -0.2) is 22.3 Å². The van der Waals surface area contributed by atoms with Gasteiger partial charge < -0.3 is 9.84 Å². The maximum atomic E-state index is 13.5. The van der Waals surface area contributed by atoms with Crippen molar-refractivity contribution in [3.63, 3.8) is 0 Å². The number of nitrogens with zero attached hydrogens (tertiary/aromatic N) is 1. The first-order valence-corrected chi connectivity index (χ1v) is 11.1. The summed E-state index contributed by atoms with van der Waals surface area (Å²) in [5.74, 6) is -2.68. The predicted octanol–water partition coefficient (Wildman–Crippen LogP) is 2.11. The molecule has 13 heteroatoms. The Balaban J connectivity index is 0.000000396. The van der Waals surface area contributed by atoms with Crippen molar-refractivity contribution in [1.82, 2.24) is 9.62 Å². The number of likely N-dealkylation sites (tertiary alicyclic amines) is 1. The number of carboxylic acids is 1. The molecule has 0 bridgehead atoms. The van der Waals surface area contributed by atoms with Gasteiger partial charge in [0.25, 0.3) is 0 Å². The molecule has 2 saturated heterocycles. The van der Waals surface area contributed by atoms with Crippen LogP contribution in [0.15, 0.2) is 18.2 Å². The number of fused-ring (bicyclic) bond motifs is 1. The van der Waals surface area contributed by atoms with E-state index >= 15 is 0 Å². The molecule has 2 fully saturated rings. The molecule has 3 atom stereocenters. The van der Waals surface area contributed by atoms with Crippen molar-refractivity contribution in [2.24, 2.45) is 11.8 Å². The molecule has 0 saturated carbocycles. The Bertz CT molecular complexity index is 868. The molecule has 0 unspecified atom stereocenters. The van der Waals surface area contributed by atoms with Crippen LogP contribution in [-0.4, -0.2) is 69.2 Å². The number of hydrogen-bond donors (Lipinski definition) is 2. The molecule has 0 aromatic heterocycles. The topological polar surface area (TPSA) is 95.9 Å². The van der Waals surface area contributed by atoms with E-state index in [0.717, 1.165) is 24.9 Å². The minimum Gasteiger partial charge on any atom is -0.475 e. The molecule has 3 rings (SSSR count). The van der Waals surface area contributed by atoms with E-state index in [1.54, 1.807) is 6.07 Å². The Morgan fingerprint density at radius 1 is 1.37 bits per heavy atom. The van der Waals surface area contributed by atoms with Gasteiger partial charge in [-0.1, -0.05) is 17.7 Å². The average molecular weight is 477 g/mol. The third-order valence-corrected chi connectivity index (χ3v) is 5.75. The summed E-state index contributed by atoms with van der Waals surface area (Å²) in [6.45, 7) is 3.23. The molecule has 2 aliphatic heterocycles. The van der Waals surface area contributed by atoms with E-state index in [1.165, 1.54) is 6.07 Å². The lowest BCUT2D eigenvalue weighted by Crippen LogP contribution is -2.33. The molecular weight excluding hydrogens is 456 g/mol. The second kappa shape index (κ2) is 9.77. The number of rotatable bonds is 5. The summed E-state index contributed by atoms with van der Waals surface area (Å²) in [6, 6.07) is 4.85. The summed E-state index contributed by atoms with van der Waals surface area (Å²) < 4.78 is 76.1. The molecule has 2 heterocycles. The first-order valence-electron chi connectivity index (χ1n) is 8.79. The van der Waals surface area contributed by atoms with E-state index in [1.807, 2.05) is 6.07 Å². The van der Waals surface area contributed by atoms with E-state index in [-0.39, 0.29) is 17.0 Å². The Morgan fingerprint density at radius 3 is 2.53 bits per heavy atom. The van der Waals surface area contributed by atoms with Gasteiger partial charge in [0.15, 0.2) is 0 Å². The molecule has 1 aromatic rings. The zero-order chi connectivity index (χ0) is 22.7. The Hall–Kier alpha value is -1.47. The van der Waals surface area contributed by atoms with Gasteiger partial charge >= 0.3 is 12.1 Å². The van der Waals surface area contributed by atoms with Crippen molar-refractivity contribution in [2.75, 3.05) is 32.5 Å². The number of aliphatic carboxylic acids is 1. The molecule has 0 radical (unpaired) electrons. The van der Waals surface area contributed by atoms with Crippen LogP contribution in [0.4, 0.5) is 17.6 Å². The zero-order valence-corrected chi connectivity index (χ0v) is 17.4. The van der Waals surface area contributed by atoms with E-state index in [4.69, 9.17) is 26.2 Å². The smallest absolute Gasteiger partial charge is 0.475 e. The Labute approximate surface area is 176 Å². The first kappa shape index (κ1) is 24.8. The van der Waals surface area contributed by atoms with Gasteiger partial charge in [-0.3, -0.25) is 4.90 Å². The van der Waals surface area contributed by atoms with Gasteiger partial charge in [-0.05, 0) is 17.7 Å². The molecule has 1 aromatic carbocycles. The van der Waals surface area contributed by atoms with E-state index < -0.39 is 28.0 Å². The molecule has 0 spiro atoms. The van der Waals surface area contributed by atoms with Gasteiger partial charge in [0, 0.05) is 38.0 Å². The van der Waals surface area contributed by atoms with Crippen LogP contribution in [-0.2, 0) is 26.1 Å². The molecule has 2 N–H and O–H groups in total. The number of halogens is 5. The van der Waals surface area contributed by atoms with Crippen LogP contribution >= 0.6 is 11.6 Å². The molecule has 2 aliphatic rings. The maximum absolute atomic E-state index is 13.5. The monoisotopic (exact) mass is 476 g/mol. The van der Waals surface area contributed by atoms with Crippen molar-refractivity contribution < 1.29 is 40.6 Å². The molecule has 0 aliphatic carbocycles. The highest BCUT2D eigenvalue weighted by atomic mass is 35.5. The zero-order valence-electron chi connectivity index (χ0n) is 15.8. The lowest BCUT2D eigenvalue weighted by Gasteiger charge is -2.19. The quantitative estimate of drug-likeness (QED) is 0.632. The van der Waals surface area contributed by atoms with Crippen LogP contribution in [0.2, 0.25) is 5.02 Å². The van der Waals surface area contributed by atoms with Gasteiger partial charge in [0.1, 0.15) is 5.82 Å². The fraction of sp³-hybridized carbons (Fsp3) is 0.588. The average Bonchev–Trinajstić information content (AvgIpc) is 3.15. The fourth-order valence-corrected chi connectivity index (χ4v) is 4.01. The summed E-state index contributed by atoms with van der Waals surface area (Å²) in [4.78, 5) is 11.1. The number of carbonyl (C=O) groups is 1. The molecule has 170 valence electrons.